The molecule has 3 aromatic rings. The molecular weight excluding hydrogens is 402 g/mol. The second-order valence-electron chi connectivity index (χ2n) is 5.26. The molecule has 1 aromatic heterocycles. The van der Waals surface area contributed by atoms with E-state index in [1.165, 1.54) is 12.1 Å². The normalized spacial score (nSPS) is 14.1. The van der Waals surface area contributed by atoms with E-state index >= 15 is 0 Å². The quantitative estimate of drug-likeness (QED) is 0.460. The first-order chi connectivity index (χ1) is 12.8. The second-order valence-corrected chi connectivity index (χ2v) is 6.95. The minimum Gasteiger partial charge on any atom is -0.367 e. The van der Waals surface area contributed by atoms with Crippen molar-refractivity contribution in [2.75, 3.05) is 0 Å². The molecule has 0 bridgehead atoms. The van der Waals surface area contributed by atoms with Gasteiger partial charge in [-0.3, -0.25) is 0 Å². The van der Waals surface area contributed by atoms with E-state index in [1.807, 2.05) is 0 Å². The summed E-state index contributed by atoms with van der Waals surface area (Å²) >= 11 is 24.4. The zero-order chi connectivity index (χ0) is 19.6. The topological polar surface area (TPSA) is 27.1 Å². The average Bonchev–Trinajstić information content (AvgIpc) is 3.06. The van der Waals surface area contributed by atoms with Crippen molar-refractivity contribution in [2.24, 2.45) is 0 Å². The van der Waals surface area contributed by atoms with Gasteiger partial charge < -0.3 is 9.30 Å². The SMILES string of the molecule is [2H]C([2H])(OC(Cn1ccnc1)c1ccc(Cl)cc1Cl)c1ccc(Cl)cc1Cl. The van der Waals surface area contributed by atoms with Crippen LogP contribution < -0.4 is 0 Å². The van der Waals surface area contributed by atoms with Crippen LogP contribution in [0.2, 0.25) is 20.1 Å². The Morgan fingerprint density at radius 3 is 2.40 bits per heavy atom. The van der Waals surface area contributed by atoms with Crippen LogP contribution >= 0.6 is 46.4 Å². The van der Waals surface area contributed by atoms with Crippen molar-refractivity contribution in [2.45, 2.75) is 19.2 Å². The van der Waals surface area contributed by atoms with Gasteiger partial charge in [-0.25, -0.2) is 4.98 Å². The standard InChI is InChI=1S/C18H14Cl4N2O/c19-13-2-1-12(16(21)7-13)10-25-18(9-24-6-5-23-11-24)15-4-3-14(20)8-17(15)22/h1-8,11,18H,9-10H2/i10D2. The van der Waals surface area contributed by atoms with Crippen LogP contribution in [0.15, 0.2) is 55.1 Å². The molecule has 3 nitrogen and oxygen atoms in total. The molecule has 0 amide bonds. The van der Waals surface area contributed by atoms with Crippen LogP contribution in [0.3, 0.4) is 0 Å². The lowest BCUT2D eigenvalue weighted by Gasteiger charge is -2.21. The fourth-order valence-corrected chi connectivity index (χ4v) is 3.23. The van der Waals surface area contributed by atoms with E-state index in [0.717, 1.165) is 0 Å². The molecular formula is C18H14Cl4N2O. The summed E-state index contributed by atoms with van der Waals surface area (Å²) < 4.78 is 24.5. The Hall–Kier alpha value is -1.23. The molecule has 25 heavy (non-hydrogen) atoms. The van der Waals surface area contributed by atoms with Gasteiger partial charge in [-0.05, 0) is 29.8 Å². The number of halogens is 4. The number of rotatable bonds is 6. The highest BCUT2D eigenvalue weighted by atomic mass is 35.5. The molecule has 0 fully saturated rings. The van der Waals surface area contributed by atoms with E-state index in [4.69, 9.17) is 53.9 Å². The smallest absolute Gasteiger partial charge is 0.102 e. The number of nitrogens with zero attached hydrogens (tertiary/aromatic N) is 2. The van der Waals surface area contributed by atoms with Gasteiger partial charge in [0.2, 0.25) is 0 Å². The molecule has 1 heterocycles. The molecule has 130 valence electrons. The van der Waals surface area contributed by atoms with Crippen molar-refractivity contribution in [1.29, 1.82) is 0 Å². The molecule has 7 heteroatoms. The molecule has 0 aliphatic rings. The number of ether oxygens (including phenoxy) is 1. The largest absolute Gasteiger partial charge is 0.367 e. The summed E-state index contributed by atoms with van der Waals surface area (Å²) in [5.74, 6) is 0. The molecule has 1 atom stereocenters. The number of hydrogen-bond donors (Lipinski definition) is 0. The van der Waals surface area contributed by atoms with Crippen LogP contribution in [-0.4, -0.2) is 9.55 Å². The van der Waals surface area contributed by atoms with Gasteiger partial charge in [0.05, 0.1) is 22.2 Å². The van der Waals surface area contributed by atoms with Crippen LogP contribution in [0.25, 0.3) is 0 Å². The Morgan fingerprint density at radius 2 is 1.76 bits per heavy atom. The first-order valence-electron chi connectivity index (χ1n) is 8.30. The van der Waals surface area contributed by atoms with Crippen molar-refractivity contribution in [3.63, 3.8) is 0 Å². The van der Waals surface area contributed by atoms with Crippen molar-refractivity contribution in [1.82, 2.24) is 9.55 Å². The summed E-state index contributed by atoms with van der Waals surface area (Å²) in [6.45, 7) is -1.89. The van der Waals surface area contributed by atoms with Gasteiger partial charge in [0, 0.05) is 38.0 Å². The molecule has 0 N–H and O–H groups in total. The molecule has 1 unspecified atom stereocenters. The fraction of sp³-hybridized carbons (Fsp3) is 0.167. The lowest BCUT2D eigenvalue weighted by molar-refractivity contribution is 0.0281. The maximum atomic E-state index is 8.42. The van der Waals surface area contributed by atoms with E-state index in [2.05, 4.69) is 4.98 Å². The van der Waals surface area contributed by atoms with E-state index in [9.17, 15) is 0 Å². The molecule has 3 rings (SSSR count). The van der Waals surface area contributed by atoms with Crippen LogP contribution in [0, 0.1) is 0 Å². The van der Waals surface area contributed by atoms with Crippen molar-refractivity contribution in [3.8, 4) is 0 Å². The molecule has 2 aromatic carbocycles. The monoisotopic (exact) mass is 416 g/mol. The average molecular weight is 418 g/mol. The third-order valence-corrected chi connectivity index (χ3v) is 4.60. The van der Waals surface area contributed by atoms with E-state index in [1.54, 1.807) is 47.6 Å². The molecule has 0 saturated heterocycles. The molecule has 0 aliphatic carbocycles. The van der Waals surface area contributed by atoms with Crippen molar-refractivity contribution >= 4 is 46.4 Å². The second kappa shape index (κ2) is 8.43. The minimum atomic E-state index is -2.18. The highest BCUT2D eigenvalue weighted by molar-refractivity contribution is 6.35. The number of benzene rings is 2. The first kappa shape index (κ1) is 16.0. The van der Waals surface area contributed by atoms with Gasteiger partial charge in [0.25, 0.3) is 0 Å². The molecule has 0 spiro atoms. The van der Waals surface area contributed by atoms with Gasteiger partial charge in [0.1, 0.15) is 6.10 Å². The van der Waals surface area contributed by atoms with Gasteiger partial charge >= 0.3 is 0 Å². The van der Waals surface area contributed by atoms with Crippen LogP contribution in [0.5, 0.6) is 0 Å². The van der Waals surface area contributed by atoms with Crippen molar-refractivity contribution < 1.29 is 7.48 Å². The maximum absolute atomic E-state index is 8.42. The van der Waals surface area contributed by atoms with E-state index in [0.29, 0.717) is 27.2 Å². The van der Waals surface area contributed by atoms with Gasteiger partial charge in [-0.15, -0.1) is 0 Å². The highest BCUT2D eigenvalue weighted by Gasteiger charge is 2.17. The lowest BCUT2D eigenvalue weighted by atomic mass is 10.1. The Bertz CT molecular complexity index is 935. The number of imidazole rings is 1. The fourth-order valence-electron chi connectivity index (χ4n) is 2.25. The zero-order valence-corrected chi connectivity index (χ0v) is 15.8. The molecule has 0 saturated carbocycles. The van der Waals surface area contributed by atoms with Crippen LogP contribution in [0.1, 0.15) is 20.0 Å². The third-order valence-electron chi connectivity index (χ3n) is 3.49. The third kappa shape index (κ3) is 4.90. The summed E-state index contributed by atoms with van der Waals surface area (Å²) in [6, 6.07) is 9.52. The molecule has 0 aliphatic heterocycles. The molecule has 0 radical (unpaired) electrons. The van der Waals surface area contributed by atoms with Crippen LogP contribution in [0.4, 0.5) is 0 Å². The first-order valence-corrected chi connectivity index (χ1v) is 8.81. The van der Waals surface area contributed by atoms with Crippen molar-refractivity contribution in [3.05, 3.63) is 86.3 Å². The predicted octanol–water partition coefficient (Wildman–Crippen LogP) is 6.45. The Morgan fingerprint density at radius 1 is 1.04 bits per heavy atom. The summed E-state index contributed by atoms with van der Waals surface area (Å²) in [6.07, 6.45) is 4.28. The number of aromatic nitrogens is 2. The van der Waals surface area contributed by atoms with Gasteiger partial charge in [-0.2, -0.15) is 0 Å². The minimum absolute atomic E-state index is 0.175. The lowest BCUT2D eigenvalue weighted by Crippen LogP contribution is -2.12. The summed E-state index contributed by atoms with van der Waals surface area (Å²) in [4.78, 5) is 4.01. The van der Waals surface area contributed by atoms with Gasteiger partial charge in [0.15, 0.2) is 0 Å². The zero-order valence-electron chi connectivity index (χ0n) is 14.8. The Kier molecular flexibility index (Phi) is 5.39. The Balaban J connectivity index is 1.97. The predicted molar refractivity (Wildman–Crippen MR) is 103 cm³/mol. The van der Waals surface area contributed by atoms with Gasteiger partial charge in [-0.1, -0.05) is 58.5 Å². The number of hydrogen-bond acceptors (Lipinski definition) is 2. The van der Waals surface area contributed by atoms with E-state index < -0.39 is 12.7 Å². The maximum Gasteiger partial charge on any atom is 0.102 e. The van der Waals surface area contributed by atoms with Crippen LogP contribution in [-0.2, 0) is 17.8 Å². The summed E-state index contributed by atoms with van der Waals surface area (Å²) in [7, 11) is 0. The van der Waals surface area contributed by atoms with E-state index in [-0.39, 0.29) is 10.6 Å². The highest BCUT2D eigenvalue weighted by Crippen LogP contribution is 2.31. The summed E-state index contributed by atoms with van der Waals surface area (Å²) in [5.41, 5.74) is 0.776. The Labute approximate surface area is 168 Å². The summed E-state index contributed by atoms with van der Waals surface area (Å²) in [5, 5.41) is 1.45.